The topological polar surface area (TPSA) is 0 Å². The van der Waals surface area contributed by atoms with Crippen LogP contribution >= 0.6 is 0 Å². The van der Waals surface area contributed by atoms with Crippen LogP contribution in [0.2, 0.25) is 0 Å². The predicted molar refractivity (Wildman–Crippen MR) is 102 cm³/mol. The monoisotopic (exact) mass is 390 g/mol. The second-order valence-corrected chi connectivity index (χ2v) is 8.69. The van der Waals surface area contributed by atoms with Gasteiger partial charge in [-0.25, -0.2) is 17.6 Å². The summed E-state index contributed by atoms with van der Waals surface area (Å²) in [5.74, 6) is -1.50. The van der Waals surface area contributed by atoms with Crippen molar-refractivity contribution in [3.8, 4) is 0 Å². The lowest BCUT2D eigenvalue weighted by Crippen LogP contribution is -2.21. The molecule has 0 aliphatic heterocycles. The average Bonchev–Trinajstić information content (AvgIpc) is 2.69. The van der Waals surface area contributed by atoms with E-state index in [1.54, 1.807) is 13.0 Å². The molecule has 4 heteroatoms. The van der Waals surface area contributed by atoms with Crippen molar-refractivity contribution in [2.24, 2.45) is 11.8 Å². The first-order chi connectivity index (χ1) is 13.3. The molecule has 0 saturated heterocycles. The zero-order chi connectivity index (χ0) is 20.0. The van der Waals surface area contributed by atoms with E-state index >= 15 is 0 Å². The molecule has 0 radical (unpaired) electrons. The molecule has 0 saturated carbocycles. The molecule has 0 aromatic heterocycles. The van der Waals surface area contributed by atoms with Crippen LogP contribution in [0.3, 0.4) is 0 Å². The number of hydrogen-bond acceptors (Lipinski definition) is 0. The molecular weight excluding hydrogens is 364 g/mol. The molecule has 2 aromatic carbocycles. The highest BCUT2D eigenvalue weighted by atomic mass is 19.2. The fourth-order valence-corrected chi connectivity index (χ4v) is 5.05. The van der Waals surface area contributed by atoms with Crippen LogP contribution in [0.25, 0.3) is 0 Å². The Kier molecular flexibility index (Phi) is 5.24. The van der Waals surface area contributed by atoms with Crippen LogP contribution in [0.4, 0.5) is 17.6 Å². The molecule has 2 aliphatic rings. The molecule has 0 N–H and O–H groups in total. The van der Waals surface area contributed by atoms with E-state index in [2.05, 4.69) is 0 Å². The van der Waals surface area contributed by atoms with Crippen LogP contribution in [0, 0.1) is 49.0 Å². The smallest absolute Gasteiger partial charge is 0.162 e. The summed E-state index contributed by atoms with van der Waals surface area (Å²) in [6, 6.07) is 3.28. The maximum atomic E-state index is 14.3. The summed E-state index contributed by atoms with van der Waals surface area (Å²) in [6.45, 7) is 3.10. The highest BCUT2D eigenvalue weighted by molar-refractivity contribution is 5.37. The van der Waals surface area contributed by atoms with E-state index in [1.165, 1.54) is 13.0 Å². The molecule has 0 fully saturated rings. The van der Waals surface area contributed by atoms with Crippen molar-refractivity contribution >= 4 is 0 Å². The Morgan fingerprint density at radius 2 is 1.43 bits per heavy atom. The Hall–Kier alpha value is -1.84. The van der Waals surface area contributed by atoms with Crippen LogP contribution in [0.1, 0.15) is 59.1 Å². The number of hydrogen-bond donors (Lipinski definition) is 0. The second-order valence-electron chi connectivity index (χ2n) is 8.69. The van der Waals surface area contributed by atoms with Crippen LogP contribution in [-0.2, 0) is 25.7 Å². The van der Waals surface area contributed by atoms with E-state index in [0.717, 1.165) is 43.2 Å². The summed E-state index contributed by atoms with van der Waals surface area (Å²) in [5, 5.41) is 0. The number of benzene rings is 2. The van der Waals surface area contributed by atoms with E-state index in [4.69, 9.17) is 0 Å². The SMILES string of the molecule is Cc1cc2c(c(F)c1F)C[C@@H](CCC1CCc3c(cc(F)c(C)c3F)C1)CC2. The maximum Gasteiger partial charge on any atom is 0.162 e. The first-order valence-electron chi connectivity index (χ1n) is 10.3. The van der Waals surface area contributed by atoms with Crippen LogP contribution in [0.15, 0.2) is 12.1 Å². The quantitative estimate of drug-likeness (QED) is 0.521. The minimum Gasteiger partial charge on any atom is -0.207 e. The minimum atomic E-state index is -0.720. The number of halogens is 4. The predicted octanol–water partition coefficient (Wildman–Crippen LogP) is 6.55. The van der Waals surface area contributed by atoms with Gasteiger partial charge in [0, 0.05) is 5.56 Å². The molecule has 0 heterocycles. The number of fused-ring (bicyclic) bond motifs is 2. The molecule has 0 spiro atoms. The fourth-order valence-electron chi connectivity index (χ4n) is 5.05. The Bertz CT molecular complexity index is 916. The summed E-state index contributed by atoms with van der Waals surface area (Å²) >= 11 is 0. The van der Waals surface area contributed by atoms with Gasteiger partial charge in [0.25, 0.3) is 0 Å². The summed E-state index contributed by atoms with van der Waals surface area (Å²) in [6.07, 6.45) is 6.54. The molecule has 0 amide bonds. The van der Waals surface area contributed by atoms with Crippen molar-refractivity contribution in [2.75, 3.05) is 0 Å². The lowest BCUT2D eigenvalue weighted by molar-refractivity contribution is 0.333. The van der Waals surface area contributed by atoms with Crippen LogP contribution < -0.4 is 0 Å². The van der Waals surface area contributed by atoms with Gasteiger partial charge in [-0.1, -0.05) is 6.07 Å². The molecule has 4 rings (SSSR count). The van der Waals surface area contributed by atoms with Crippen molar-refractivity contribution in [1.29, 1.82) is 0 Å². The molecule has 150 valence electrons. The molecule has 1 unspecified atom stereocenters. The van der Waals surface area contributed by atoms with Crippen LogP contribution in [-0.4, -0.2) is 0 Å². The van der Waals surface area contributed by atoms with Crippen molar-refractivity contribution < 1.29 is 17.6 Å². The third-order valence-corrected chi connectivity index (χ3v) is 6.83. The van der Waals surface area contributed by atoms with Gasteiger partial charge in [0.05, 0.1) is 0 Å². The van der Waals surface area contributed by atoms with Gasteiger partial charge in [0.2, 0.25) is 0 Å². The van der Waals surface area contributed by atoms with Gasteiger partial charge < -0.3 is 0 Å². The Morgan fingerprint density at radius 3 is 2.18 bits per heavy atom. The van der Waals surface area contributed by atoms with E-state index in [1.807, 2.05) is 0 Å². The van der Waals surface area contributed by atoms with Gasteiger partial charge in [-0.2, -0.15) is 0 Å². The minimum absolute atomic E-state index is 0.113. The third kappa shape index (κ3) is 3.46. The summed E-state index contributed by atoms with van der Waals surface area (Å²) < 4.78 is 56.4. The molecule has 2 aromatic rings. The molecule has 28 heavy (non-hydrogen) atoms. The normalized spacial score (nSPS) is 21.4. The molecule has 0 bridgehead atoms. The van der Waals surface area contributed by atoms with Gasteiger partial charge in [-0.05, 0) is 111 Å². The van der Waals surface area contributed by atoms with Crippen molar-refractivity contribution in [3.05, 3.63) is 68.8 Å². The third-order valence-electron chi connectivity index (χ3n) is 6.83. The Morgan fingerprint density at radius 1 is 0.750 bits per heavy atom. The lowest BCUT2D eigenvalue weighted by Gasteiger charge is -2.29. The van der Waals surface area contributed by atoms with Gasteiger partial charge in [0.1, 0.15) is 11.6 Å². The lowest BCUT2D eigenvalue weighted by atomic mass is 9.76. The summed E-state index contributed by atoms with van der Waals surface area (Å²) in [5.41, 5.74) is 3.46. The van der Waals surface area contributed by atoms with Gasteiger partial charge in [-0.15, -0.1) is 0 Å². The van der Waals surface area contributed by atoms with E-state index in [9.17, 15) is 17.6 Å². The molecule has 2 aliphatic carbocycles. The zero-order valence-corrected chi connectivity index (χ0v) is 16.5. The van der Waals surface area contributed by atoms with Crippen LogP contribution in [0.5, 0.6) is 0 Å². The first-order valence-corrected chi connectivity index (χ1v) is 10.3. The highest BCUT2D eigenvalue weighted by Gasteiger charge is 2.27. The van der Waals surface area contributed by atoms with E-state index < -0.39 is 17.5 Å². The highest BCUT2D eigenvalue weighted by Crippen LogP contribution is 2.36. The maximum absolute atomic E-state index is 14.3. The molecule has 2 atom stereocenters. The van der Waals surface area contributed by atoms with Crippen molar-refractivity contribution in [2.45, 2.75) is 65.2 Å². The fraction of sp³-hybridized carbons (Fsp3) is 0.500. The van der Waals surface area contributed by atoms with Crippen molar-refractivity contribution in [1.82, 2.24) is 0 Å². The second kappa shape index (κ2) is 7.53. The average molecular weight is 390 g/mol. The largest absolute Gasteiger partial charge is 0.207 e. The van der Waals surface area contributed by atoms with Gasteiger partial charge >= 0.3 is 0 Å². The van der Waals surface area contributed by atoms with E-state index in [0.29, 0.717) is 47.8 Å². The number of rotatable bonds is 3. The first kappa shape index (κ1) is 19.5. The van der Waals surface area contributed by atoms with Gasteiger partial charge in [-0.3, -0.25) is 0 Å². The Labute approximate surface area is 164 Å². The van der Waals surface area contributed by atoms with Crippen molar-refractivity contribution in [3.63, 3.8) is 0 Å². The standard InChI is InChI=1S/C24H26F4/c1-13-9-17-7-5-16(11-20(17)24(28)22(13)26)4-3-15-6-8-19-18(10-15)12-21(25)14(2)23(19)27/h9,12,15-16H,3-8,10-11H2,1-2H3/t15?,16-/m0/s1. The zero-order valence-electron chi connectivity index (χ0n) is 16.5. The summed E-state index contributed by atoms with van der Waals surface area (Å²) in [4.78, 5) is 0. The summed E-state index contributed by atoms with van der Waals surface area (Å²) in [7, 11) is 0. The number of aryl methyl sites for hydroxylation is 2. The van der Waals surface area contributed by atoms with E-state index in [-0.39, 0.29) is 11.4 Å². The molecule has 0 nitrogen and oxygen atoms in total. The molecular formula is C24H26F4. The Balaban J connectivity index is 1.41. The van der Waals surface area contributed by atoms with Gasteiger partial charge in [0.15, 0.2) is 11.6 Å².